The molecule has 0 saturated carbocycles. The molecule has 3 aromatic rings. The van der Waals surface area contributed by atoms with Crippen LogP contribution in [-0.4, -0.2) is 61.2 Å². The lowest BCUT2D eigenvalue weighted by Crippen LogP contribution is -2.38. The Bertz CT molecular complexity index is 1070. The van der Waals surface area contributed by atoms with Crippen molar-refractivity contribution in [3.8, 4) is 11.4 Å². The molecule has 4 rings (SSSR count). The zero-order valence-electron chi connectivity index (χ0n) is 17.1. The van der Waals surface area contributed by atoms with Gasteiger partial charge in [-0.2, -0.15) is 13.2 Å². The number of nitrogens with zero attached hydrogens (tertiary/aromatic N) is 6. The summed E-state index contributed by atoms with van der Waals surface area (Å²) in [7, 11) is 1.85. The molecular weight excluding hydrogens is 409 g/mol. The van der Waals surface area contributed by atoms with Gasteiger partial charge in [0.25, 0.3) is 0 Å². The number of aryl methyl sites for hydroxylation is 1. The fourth-order valence-electron chi connectivity index (χ4n) is 3.93. The molecule has 1 saturated heterocycles. The smallest absolute Gasteiger partial charge is 0.317 e. The van der Waals surface area contributed by atoms with Crippen LogP contribution in [-0.2, 0) is 18.3 Å². The van der Waals surface area contributed by atoms with Gasteiger partial charge in [0, 0.05) is 48.8 Å². The number of carbonyl (C=O) groups excluding carboxylic acids is 1. The molecule has 0 spiro atoms. The number of carbonyl (C=O) groups is 1. The van der Waals surface area contributed by atoms with E-state index < -0.39 is 12.6 Å². The van der Waals surface area contributed by atoms with Crippen molar-refractivity contribution in [2.45, 2.75) is 31.9 Å². The van der Waals surface area contributed by atoms with Crippen molar-refractivity contribution in [2.75, 3.05) is 19.6 Å². The Kier molecular flexibility index (Phi) is 5.99. The molecule has 10 heteroatoms. The van der Waals surface area contributed by atoms with Gasteiger partial charge in [0.1, 0.15) is 12.1 Å². The molecule has 7 nitrogen and oxygen atoms in total. The number of aromatic nitrogens is 5. The first-order valence-corrected chi connectivity index (χ1v) is 10.2. The van der Waals surface area contributed by atoms with E-state index in [2.05, 4.69) is 20.2 Å². The van der Waals surface area contributed by atoms with Crippen molar-refractivity contribution in [3.63, 3.8) is 0 Å². The number of likely N-dealkylation sites (tertiary alicyclic amines) is 1. The zero-order valence-corrected chi connectivity index (χ0v) is 17.1. The molecule has 1 aliphatic heterocycles. The third-order valence-corrected chi connectivity index (χ3v) is 5.70. The number of hydrogen-bond acceptors (Lipinski definition) is 6. The highest BCUT2D eigenvalue weighted by Crippen LogP contribution is 2.25. The van der Waals surface area contributed by atoms with E-state index in [0.717, 1.165) is 16.5 Å². The maximum Gasteiger partial charge on any atom is 0.390 e. The van der Waals surface area contributed by atoms with Crippen molar-refractivity contribution in [1.29, 1.82) is 0 Å². The number of ketones is 1. The molecule has 1 aliphatic rings. The average molecular weight is 432 g/mol. The SMILES string of the molecule is Cn1cnnc1-c1cnc2cnc(CC(=O)C3CCN(CCC(F)(F)F)CC3)cc2c1. The quantitative estimate of drug-likeness (QED) is 0.595. The minimum Gasteiger partial charge on any atom is -0.317 e. The van der Waals surface area contributed by atoms with Gasteiger partial charge in [-0.3, -0.25) is 14.8 Å². The summed E-state index contributed by atoms with van der Waals surface area (Å²) in [6.45, 7) is 1.03. The van der Waals surface area contributed by atoms with E-state index in [-0.39, 0.29) is 24.7 Å². The second-order valence-electron chi connectivity index (χ2n) is 7.98. The first-order chi connectivity index (χ1) is 14.8. The Labute approximate surface area is 177 Å². The van der Waals surface area contributed by atoms with Gasteiger partial charge < -0.3 is 9.47 Å². The van der Waals surface area contributed by atoms with E-state index in [1.807, 2.05) is 19.2 Å². The fraction of sp³-hybridized carbons (Fsp3) is 0.476. The molecule has 1 fully saturated rings. The average Bonchev–Trinajstić information content (AvgIpc) is 3.17. The lowest BCUT2D eigenvalue weighted by atomic mass is 9.90. The molecule has 0 N–H and O–H groups in total. The Morgan fingerprint density at radius 2 is 1.94 bits per heavy atom. The summed E-state index contributed by atoms with van der Waals surface area (Å²) in [6, 6.07) is 3.81. The van der Waals surface area contributed by atoms with Crippen LogP contribution in [0, 0.1) is 5.92 Å². The van der Waals surface area contributed by atoms with Gasteiger partial charge in [-0.15, -0.1) is 10.2 Å². The zero-order chi connectivity index (χ0) is 22.0. The number of halogens is 3. The Morgan fingerprint density at radius 3 is 2.61 bits per heavy atom. The van der Waals surface area contributed by atoms with Gasteiger partial charge in [-0.25, -0.2) is 0 Å². The van der Waals surface area contributed by atoms with Crippen LogP contribution in [0.4, 0.5) is 13.2 Å². The number of piperidine rings is 1. The summed E-state index contributed by atoms with van der Waals surface area (Å²) in [5, 5.41) is 8.84. The standard InChI is InChI=1S/C21H23F3N6O/c1-29-13-27-28-20(29)16-8-15-9-17(25-12-18(15)26-11-16)10-19(31)14-2-5-30(6-3-14)7-4-21(22,23)24/h8-9,11-14H,2-7,10H2,1H3. The molecule has 0 amide bonds. The number of alkyl halides is 3. The molecule has 31 heavy (non-hydrogen) atoms. The molecule has 0 aromatic carbocycles. The predicted octanol–water partition coefficient (Wildman–Crippen LogP) is 3.20. The van der Waals surface area contributed by atoms with Gasteiger partial charge in [0.15, 0.2) is 5.82 Å². The highest BCUT2D eigenvalue weighted by atomic mass is 19.4. The number of hydrogen-bond donors (Lipinski definition) is 0. The van der Waals surface area contributed by atoms with Crippen molar-refractivity contribution in [3.05, 3.63) is 36.5 Å². The molecule has 3 aromatic heterocycles. The van der Waals surface area contributed by atoms with Gasteiger partial charge in [0.05, 0.1) is 18.1 Å². The van der Waals surface area contributed by atoms with Crippen LogP contribution < -0.4 is 0 Å². The largest absolute Gasteiger partial charge is 0.390 e. The minimum atomic E-state index is -4.14. The first-order valence-electron chi connectivity index (χ1n) is 10.2. The van der Waals surface area contributed by atoms with Crippen LogP contribution >= 0.6 is 0 Å². The monoisotopic (exact) mass is 432 g/mol. The van der Waals surface area contributed by atoms with Gasteiger partial charge in [-0.1, -0.05) is 0 Å². The molecule has 0 radical (unpaired) electrons. The van der Waals surface area contributed by atoms with Crippen molar-refractivity contribution < 1.29 is 18.0 Å². The summed E-state index contributed by atoms with van der Waals surface area (Å²) < 4.78 is 39.0. The van der Waals surface area contributed by atoms with Crippen molar-refractivity contribution >= 4 is 16.7 Å². The number of Topliss-reactive ketones (excluding diaryl/α,β-unsaturated/α-hetero) is 1. The maximum absolute atomic E-state index is 12.7. The predicted molar refractivity (Wildman–Crippen MR) is 108 cm³/mol. The lowest BCUT2D eigenvalue weighted by molar-refractivity contribution is -0.139. The number of pyridine rings is 2. The van der Waals surface area contributed by atoms with E-state index in [1.54, 1.807) is 28.2 Å². The maximum atomic E-state index is 12.7. The van der Waals surface area contributed by atoms with Crippen LogP contribution in [0.3, 0.4) is 0 Å². The second kappa shape index (κ2) is 8.70. The van der Waals surface area contributed by atoms with Crippen LogP contribution in [0.25, 0.3) is 22.3 Å². The highest BCUT2D eigenvalue weighted by molar-refractivity contribution is 5.86. The van der Waals surface area contributed by atoms with Gasteiger partial charge >= 0.3 is 6.18 Å². The second-order valence-corrected chi connectivity index (χ2v) is 7.98. The van der Waals surface area contributed by atoms with Crippen molar-refractivity contribution in [2.24, 2.45) is 13.0 Å². The summed E-state index contributed by atoms with van der Waals surface area (Å²) in [5.41, 5.74) is 2.20. The van der Waals surface area contributed by atoms with Gasteiger partial charge in [-0.05, 0) is 38.1 Å². The van der Waals surface area contributed by atoms with Crippen LogP contribution in [0.5, 0.6) is 0 Å². The van der Waals surface area contributed by atoms with E-state index in [0.29, 0.717) is 37.4 Å². The van der Waals surface area contributed by atoms with Crippen LogP contribution in [0.1, 0.15) is 25.0 Å². The minimum absolute atomic E-state index is 0.00249. The molecular formula is C21H23F3N6O. The summed E-state index contributed by atoms with van der Waals surface area (Å²) in [6.07, 6.45) is 1.41. The number of rotatable bonds is 6. The topological polar surface area (TPSA) is 76.8 Å². The van der Waals surface area contributed by atoms with Crippen LogP contribution in [0.15, 0.2) is 30.9 Å². The summed E-state index contributed by atoms with van der Waals surface area (Å²) in [4.78, 5) is 23.3. The van der Waals surface area contributed by atoms with Crippen molar-refractivity contribution in [1.82, 2.24) is 29.6 Å². The molecule has 0 unspecified atom stereocenters. The molecule has 0 bridgehead atoms. The summed E-state index contributed by atoms with van der Waals surface area (Å²) in [5.74, 6) is 0.642. The number of fused-ring (bicyclic) bond motifs is 1. The van der Waals surface area contributed by atoms with Gasteiger partial charge in [0.2, 0.25) is 0 Å². The Hall–Kier alpha value is -2.88. The first kappa shape index (κ1) is 21.4. The molecule has 0 aliphatic carbocycles. The molecule has 164 valence electrons. The summed E-state index contributed by atoms with van der Waals surface area (Å²) >= 11 is 0. The van der Waals surface area contributed by atoms with E-state index in [4.69, 9.17) is 0 Å². The third kappa shape index (κ3) is 5.25. The van der Waals surface area contributed by atoms with Crippen LogP contribution in [0.2, 0.25) is 0 Å². The Morgan fingerprint density at radius 1 is 1.16 bits per heavy atom. The normalized spacial score (nSPS) is 16.1. The molecule has 0 atom stereocenters. The third-order valence-electron chi connectivity index (χ3n) is 5.70. The van der Waals surface area contributed by atoms with E-state index >= 15 is 0 Å². The molecule has 4 heterocycles. The van der Waals surface area contributed by atoms with E-state index in [1.165, 1.54) is 0 Å². The highest BCUT2D eigenvalue weighted by Gasteiger charge is 2.30. The van der Waals surface area contributed by atoms with E-state index in [9.17, 15) is 18.0 Å². The Balaban J connectivity index is 1.39. The fourth-order valence-corrected chi connectivity index (χ4v) is 3.93. The lowest BCUT2D eigenvalue weighted by Gasteiger charge is -2.31.